The summed E-state index contributed by atoms with van der Waals surface area (Å²) in [5.74, 6) is 0.750. The van der Waals surface area contributed by atoms with E-state index in [9.17, 15) is 4.79 Å². The molecule has 0 radical (unpaired) electrons. The lowest BCUT2D eigenvalue weighted by Gasteiger charge is -2.19. The van der Waals surface area contributed by atoms with Crippen molar-refractivity contribution >= 4 is 41.7 Å². The molecule has 0 aliphatic heterocycles. The summed E-state index contributed by atoms with van der Waals surface area (Å²) in [5.41, 5.74) is 3.67. The molecule has 2 aromatic rings. The number of hydrogen-bond donors (Lipinski definition) is 3. The SMILES string of the molecule is CN=C(NCCc1ccc(NC(=O)OC(C)(C)C)cc1)NCc1cccc(COC)c1.I. The van der Waals surface area contributed by atoms with Gasteiger partial charge in [0.1, 0.15) is 5.60 Å². The van der Waals surface area contributed by atoms with Crippen molar-refractivity contribution in [2.24, 2.45) is 4.99 Å². The van der Waals surface area contributed by atoms with Gasteiger partial charge in [-0.2, -0.15) is 0 Å². The van der Waals surface area contributed by atoms with Crippen molar-refractivity contribution in [1.82, 2.24) is 10.6 Å². The Hall–Kier alpha value is -2.33. The predicted molar refractivity (Wildman–Crippen MR) is 141 cm³/mol. The maximum atomic E-state index is 11.8. The molecule has 0 fully saturated rings. The van der Waals surface area contributed by atoms with E-state index in [1.54, 1.807) is 14.2 Å². The minimum absolute atomic E-state index is 0. The number of amides is 1. The second-order valence-electron chi connectivity index (χ2n) is 8.18. The molecular weight excluding hydrogens is 519 g/mol. The van der Waals surface area contributed by atoms with Crippen LogP contribution in [0.2, 0.25) is 0 Å². The smallest absolute Gasteiger partial charge is 0.412 e. The molecule has 2 aromatic carbocycles. The lowest BCUT2D eigenvalue weighted by Crippen LogP contribution is -2.37. The summed E-state index contributed by atoms with van der Waals surface area (Å²) in [5, 5.41) is 9.39. The van der Waals surface area contributed by atoms with E-state index in [-0.39, 0.29) is 24.0 Å². The van der Waals surface area contributed by atoms with Gasteiger partial charge in [0, 0.05) is 32.9 Å². The highest BCUT2D eigenvalue weighted by Crippen LogP contribution is 2.13. The number of ether oxygens (including phenoxy) is 2. The number of carbonyl (C=O) groups excluding carboxylic acids is 1. The summed E-state index contributed by atoms with van der Waals surface area (Å²) >= 11 is 0. The van der Waals surface area contributed by atoms with E-state index in [1.807, 2.05) is 57.2 Å². The van der Waals surface area contributed by atoms with Gasteiger partial charge in [-0.3, -0.25) is 10.3 Å². The fourth-order valence-electron chi connectivity index (χ4n) is 2.90. The molecule has 32 heavy (non-hydrogen) atoms. The Balaban J connectivity index is 0.00000512. The molecule has 176 valence electrons. The van der Waals surface area contributed by atoms with Crippen molar-refractivity contribution in [3.63, 3.8) is 0 Å². The highest BCUT2D eigenvalue weighted by atomic mass is 127. The molecule has 0 spiro atoms. The molecule has 1 amide bonds. The van der Waals surface area contributed by atoms with Gasteiger partial charge < -0.3 is 20.1 Å². The number of rotatable bonds is 8. The number of hydrogen-bond acceptors (Lipinski definition) is 4. The van der Waals surface area contributed by atoms with E-state index in [0.717, 1.165) is 30.1 Å². The van der Waals surface area contributed by atoms with Gasteiger partial charge in [-0.25, -0.2) is 4.79 Å². The normalized spacial score (nSPS) is 11.3. The number of halogens is 1. The van der Waals surface area contributed by atoms with Gasteiger partial charge in [0.05, 0.1) is 6.61 Å². The Morgan fingerprint density at radius 2 is 1.69 bits per heavy atom. The fraction of sp³-hybridized carbons (Fsp3) is 0.417. The van der Waals surface area contributed by atoms with Crippen molar-refractivity contribution in [2.75, 3.05) is 26.0 Å². The number of guanidine groups is 1. The number of benzene rings is 2. The van der Waals surface area contributed by atoms with Gasteiger partial charge in [0.2, 0.25) is 0 Å². The molecule has 0 saturated heterocycles. The Morgan fingerprint density at radius 3 is 2.31 bits per heavy atom. The van der Waals surface area contributed by atoms with Gasteiger partial charge in [0.25, 0.3) is 0 Å². The summed E-state index contributed by atoms with van der Waals surface area (Å²) in [4.78, 5) is 16.1. The number of anilines is 1. The maximum absolute atomic E-state index is 11.8. The molecule has 0 aliphatic carbocycles. The van der Waals surface area contributed by atoms with Gasteiger partial charge in [-0.1, -0.05) is 36.4 Å². The number of nitrogens with one attached hydrogen (secondary N) is 3. The van der Waals surface area contributed by atoms with Gasteiger partial charge in [-0.15, -0.1) is 24.0 Å². The van der Waals surface area contributed by atoms with Gasteiger partial charge in [-0.05, 0) is 56.0 Å². The molecule has 0 saturated carbocycles. The van der Waals surface area contributed by atoms with E-state index in [1.165, 1.54) is 5.56 Å². The van der Waals surface area contributed by atoms with Crippen LogP contribution < -0.4 is 16.0 Å². The second-order valence-corrected chi connectivity index (χ2v) is 8.18. The predicted octanol–water partition coefficient (Wildman–Crippen LogP) is 4.71. The monoisotopic (exact) mass is 554 g/mol. The van der Waals surface area contributed by atoms with Crippen LogP contribution in [0.4, 0.5) is 10.5 Å². The summed E-state index contributed by atoms with van der Waals surface area (Å²) < 4.78 is 10.4. The van der Waals surface area contributed by atoms with Crippen LogP contribution in [0.1, 0.15) is 37.5 Å². The van der Waals surface area contributed by atoms with E-state index < -0.39 is 11.7 Å². The summed E-state index contributed by atoms with van der Waals surface area (Å²) in [7, 11) is 3.45. The molecule has 2 rings (SSSR count). The number of methoxy groups -OCH3 is 1. The highest BCUT2D eigenvalue weighted by Gasteiger charge is 2.16. The van der Waals surface area contributed by atoms with Crippen LogP contribution in [0.25, 0.3) is 0 Å². The van der Waals surface area contributed by atoms with Crippen molar-refractivity contribution in [1.29, 1.82) is 0 Å². The lowest BCUT2D eigenvalue weighted by atomic mass is 10.1. The van der Waals surface area contributed by atoms with Crippen LogP contribution in [-0.4, -0.2) is 38.4 Å². The number of aliphatic imine (C=N–C) groups is 1. The highest BCUT2D eigenvalue weighted by molar-refractivity contribution is 14.0. The first-order valence-corrected chi connectivity index (χ1v) is 10.4. The third-order valence-electron chi connectivity index (χ3n) is 4.29. The Labute approximate surface area is 208 Å². The minimum atomic E-state index is -0.519. The zero-order valence-electron chi connectivity index (χ0n) is 19.5. The standard InChI is InChI=1S/C24H34N4O3.HI/c1-24(2,3)31-23(29)28-21-11-9-18(10-12-21)13-14-26-22(25-4)27-16-19-7-6-8-20(15-19)17-30-5;/h6-12,15H,13-14,16-17H2,1-5H3,(H,28,29)(H2,25,26,27);1H. The quantitative estimate of drug-likeness (QED) is 0.250. The third-order valence-corrected chi connectivity index (χ3v) is 4.29. The zero-order valence-corrected chi connectivity index (χ0v) is 21.9. The first-order valence-electron chi connectivity index (χ1n) is 10.4. The van der Waals surface area contributed by atoms with E-state index in [0.29, 0.717) is 18.8 Å². The molecule has 0 atom stereocenters. The van der Waals surface area contributed by atoms with Gasteiger partial charge >= 0.3 is 6.09 Å². The summed E-state index contributed by atoms with van der Waals surface area (Å²) in [6.45, 7) is 7.54. The van der Waals surface area contributed by atoms with Crippen LogP contribution in [0.5, 0.6) is 0 Å². The topological polar surface area (TPSA) is 84.0 Å². The molecule has 0 aliphatic rings. The Bertz CT molecular complexity index is 864. The molecule has 0 bridgehead atoms. The molecule has 3 N–H and O–H groups in total. The Kier molecular flexibility index (Phi) is 12.1. The fourth-order valence-corrected chi connectivity index (χ4v) is 2.90. The summed E-state index contributed by atoms with van der Waals surface area (Å²) in [6.07, 6.45) is 0.376. The lowest BCUT2D eigenvalue weighted by molar-refractivity contribution is 0.0636. The van der Waals surface area contributed by atoms with Crippen molar-refractivity contribution in [2.45, 2.75) is 45.9 Å². The summed E-state index contributed by atoms with van der Waals surface area (Å²) in [6, 6.07) is 16.0. The van der Waals surface area contributed by atoms with E-state index in [4.69, 9.17) is 9.47 Å². The van der Waals surface area contributed by atoms with Crippen LogP contribution in [0, 0.1) is 0 Å². The maximum Gasteiger partial charge on any atom is 0.412 e. The number of nitrogens with zero attached hydrogens (tertiary/aromatic N) is 1. The molecule has 0 unspecified atom stereocenters. The van der Waals surface area contributed by atoms with Crippen molar-refractivity contribution in [3.05, 3.63) is 65.2 Å². The van der Waals surface area contributed by atoms with Crippen molar-refractivity contribution < 1.29 is 14.3 Å². The van der Waals surface area contributed by atoms with Crippen LogP contribution in [-0.2, 0) is 29.0 Å². The molecule has 7 nitrogen and oxygen atoms in total. The van der Waals surface area contributed by atoms with Crippen LogP contribution in [0.3, 0.4) is 0 Å². The van der Waals surface area contributed by atoms with E-state index in [2.05, 4.69) is 33.1 Å². The molecule has 0 heterocycles. The first kappa shape index (κ1) is 27.7. The zero-order chi connectivity index (χ0) is 22.7. The van der Waals surface area contributed by atoms with E-state index >= 15 is 0 Å². The molecule has 8 heteroatoms. The average Bonchev–Trinajstić information content (AvgIpc) is 2.71. The Morgan fingerprint density at radius 1 is 1.00 bits per heavy atom. The average molecular weight is 554 g/mol. The van der Waals surface area contributed by atoms with Crippen LogP contribution in [0.15, 0.2) is 53.5 Å². The first-order chi connectivity index (χ1) is 14.8. The minimum Gasteiger partial charge on any atom is -0.444 e. The number of carbonyl (C=O) groups is 1. The van der Waals surface area contributed by atoms with Crippen molar-refractivity contribution in [3.8, 4) is 0 Å². The van der Waals surface area contributed by atoms with Gasteiger partial charge in [0.15, 0.2) is 5.96 Å². The second kappa shape index (κ2) is 13.9. The molecular formula is C24H35IN4O3. The van der Waals surface area contributed by atoms with Crippen LogP contribution >= 0.6 is 24.0 Å². The third kappa shape index (κ3) is 10.8. The molecule has 0 aromatic heterocycles. The largest absolute Gasteiger partial charge is 0.444 e.